The Hall–Kier alpha value is -0.480. The van der Waals surface area contributed by atoms with E-state index < -0.39 is 0 Å². The van der Waals surface area contributed by atoms with Gasteiger partial charge in [-0.05, 0) is 19.1 Å². The molecule has 1 aliphatic heterocycles. The van der Waals surface area contributed by atoms with Crippen molar-refractivity contribution < 1.29 is 0 Å². The third-order valence-electron chi connectivity index (χ3n) is 1.27. The molecule has 0 saturated carbocycles. The molecule has 1 unspecified atom stereocenters. The second-order valence-electron chi connectivity index (χ2n) is 2.24. The Kier molecular flexibility index (Phi) is 2.01. The Balaban J connectivity index is 2.72. The lowest BCUT2D eigenvalue weighted by atomic mass is 10.2. The fourth-order valence-electron chi connectivity index (χ4n) is 0.764. The summed E-state index contributed by atoms with van der Waals surface area (Å²) in [5, 5.41) is 6.42. The van der Waals surface area contributed by atoms with Gasteiger partial charge in [-0.25, -0.2) is 0 Å². The zero-order valence-electron chi connectivity index (χ0n) is 5.60. The molecule has 1 saturated heterocycles. The highest BCUT2D eigenvalue weighted by Gasteiger charge is 2.23. The SMILES string of the molecule is C=C(C)C1NC(=S)NC1=S. The van der Waals surface area contributed by atoms with Crippen LogP contribution in [0, 0.1) is 0 Å². The quantitative estimate of drug-likeness (QED) is 0.450. The summed E-state index contributed by atoms with van der Waals surface area (Å²) in [7, 11) is 0. The van der Waals surface area contributed by atoms with E-state index in [1.807, 2.05) is 6.92 Å². The van der Waals surface area contributed by atoms with E-state index in [2.05, 4.69) is 17.2 Å². The van der Waals surface area contributed by atoms with Crippen LogP contribution in [0.25, 0.3) is 0 Å². The van der Waals surface area contributed by atoms with E-state index in [4.69, 9.17) is 24.4 Å². The summed E-state index contributed by atoms with van der Waals surface area (Å²) in [6, 6.07) is 0.0440. The predicted octanol–water partition coefficient (Wildman–Crippen LogP) is 0.736. The molecule has 1 aliphatic rings. The van der Waals surface area contributed by atoms with E-state index in [1.54, 1.807) is 0 Å². The maximum Gasteiger partial charge on any atom is 0.172 e. The Bertz CT molecular complexity index is 210. The van der Waals surface area contributed by atoms with Crippen molar-refractivity contribution in [3.63, 3.8) is 0 Å². The zero-order chi connectivity index (χ0) is 7.72. The molecule has 0 amide bonds. The van der Waals surface area contributed by atoms with Gasteiger partial charge in [0.2, 0.25) is 0 Å². The first-order chi connectivity index (χ1) is 4.61. The standard InChI is InChI=1S/C6H8N2S2/c1-3(2)4-5(9)8-6(10)7-4/h4H,1H2,2H3,(H2,7,8,9,10). The first-order valence-electron chi connectivity index (χ1n) is 2.88. The van der Waals surface area contributed by atoms with Gasteiger partial charge in [0.05, 0.1) is 6.04 Å². The number of hydrogen-bond acceptors (Lipinski definition) is 2. The monoisotopic (exact) mass is 172 g/mol. The second-order valence-corrected chi connectivity index (χ2v) is 3.09. The van der Waals surface area contributed by atoms with E-state index in [0.29, 0.717) is 5.11 Å². The van der Waals surface area contributed by atoms with Crippen molar-refractivity contribution in [3.8, 4) is 0 Å². The molecule has 0 aliphatic carbocycles. The Morgan fingerprint density at radius 1 is 1.60 bits per heavy atom. The number of rotatable bonds is 1. The van der Waals surface area contributed by atoms with E-state index >= 15 is 0 Å². The van der Waals surface area contributed by atoms with Crippen LogP contribution in [0.4, 0.5) is 0 Å². The van der Waals surface area contributed by atoms with Gasteiger partial charge in [0.15, 0.2) is 5.11 Å². The molecule has 4 heteroatoms. The molecular weight excluding hydrogens is 164 g/mol. The summed E-state index contributed by atoms with van der Waals surface area (Å²) >= 11 is 9.81. The highest BCUT2D eigenvalue weighted by Crippen LogP contribution is 2.04. The summed E-state index contributed by atoms with van der Waals surface area (Å²) in [5.74, 6) is 0. The molecule has 0 radical (unpaired) electrons. The molecule has 0 bridgehead atoms. The van der Waals surface area contributed by atoms with Gasteiger partial charge >= 0.3 is 0 Å². The van der Waals surface area contributed by atoms with Crippen molar-refractivity contribution in [2.75, 3.05) is 0 Å². The number of nitrogens with one attached hydrogen (secondary N) is 2. The van der Waals surface area contributed by atoms with Gasteiger partial charge in [-0.1, -0.05) is 24.4 Å². The van der Waals surface area contributed by atoms with Crippen LogP contribution in [0.2, 0.25) is 0 Å². The average Bonchev–Trinajstić information content (AvgIpc) is 2.10. The minimum Gasteiger partial charge on any atom is -0.349 e. The summed E-state index contributed by atoms with van der Waals surface area (Å²) in [6.45, 7) is 5.69. The predicted molar refractivity (Wildman–Crippen MR) is 50.1 cm³/mol. The van der Waals surface area contributed by atoms with Gasteiger partial charge in [0, 0.05) is 0 Å². The fourth-order valence-corrected chi connectivity index (χ4v) is 1.42. The molecule has 0 aromatic heterocycles. The summed E-state index contributed by atoms with van der Waals surface area (Å²) in [4.78, 5) is 0.720. The lowest BCUT2D eigenvalue weighted by molar-refractivity contribution is 0.921. The van der Waals surface area contributed by atoms with Crippen LogP contribution in [0.3, 0.4) is 0 Å². The maximum atomic E-state index is 4.97. The molecule has 10 heavy (non-hydrogen) atoms. The normalized spacial score (nSPS) is 23.9. The molecule has 1 fully saturated rings. The Labute approximate surface area is 70.7 Å². The average molecular weight is 172 g/mol. The van der Waals surface area contributed by atoms with Crippen molar-refractivity contribution in [2.45, 2.75) is 13.0 Å². The van der Waals surface area contributed by atoms with Gasteiger partial charge in [-0.2, -0.15) is 0 Å². The van der Waals surface area contributed by atoms with Gasteiger partial charge in [0.1, 0.15) is 4.99 Å². The topological polar surface area (TPSA) is 24.1 Å². The lowest BCUT2D eigenvalue weighted by Gasteiger charge is -2.06. The van der Waals surface area contributed by atoms with Crippen LogP contribution < -0.4 is 10.6 Å². The Morgan fingerprint density at radius 2 is 2.20 bits per heavy atom. The van der Waals surface area contributed by atoms with E-state index in [9.17, 15) is 0 Å². The maximum absolute atomic E-state index is 4.97. The molecule has 0 spiro atoms. The van der Waals surface area contributed by atoms with Gasteiger partial charge < -0.3 is 10.6 Å². The lowest BCUT2D eigenvalue weighted by Crippen LogP contribution is -2.28. The molecule has 1 rings (SSSR count). The number of hydrogen-bond donors (Lipinski definition) is 2. The van der Waals surface area contributed by atoms with Crippen molar-refractivity contribution in [2.24, 2.45) is 0 Å². The van der Waals surface area contributed by atoms with Crippen molar-refractivity contribution in [1.29, 1.82) is 0 Å². The molecule has 2 nitrogen and oxygen atoms in total. The summed E-state index contributed by atoms with van der Waals surface area (Å²) in [5.41, 5.74) is 0.984. The minimum atomic E-state index is 0.0440. The zero-order valence-corrected chi connectivity index (χ0v) is 7.23. The van der Waals surface area contributed by atoms with Crippen LogP contribution in [0.5, 0.6) is 0 Å². The molecule has 0 aromatic carbocycles. The number of thiocarbonyl (C=S) groups is 2. The van der Waals surface area contributed by atoms with Crippen LogP contribution in [-0.4, -0.2) is 16.1 Å². The molecule has 1 heterocycles. The summed E-state index contributed by atoms with van der Waals surface area (Å²) in [6.07, 6.45) is 0. The largest absolute Gasteiger partial charge is 0.349 e. The van der Waals surface area contributed by atoms with E-state index in [0.717, 1.165) is 10.6 Å². The first kappa shape index (κ1) is 7.63. The van der Waals surface area contributed by atoms with E-state index in [-0.39, 0.29) is 6.04 Å². The van der Waals surface area contributed by atoms with Crippen molar-refractivity contribution in [1.82, 2.24) is 10.6 Å². The van der Waals surface area contributed by atoms with Crippen LogP contribution >= 0.6 is 24.4 Å². The first-order valence-corrected chi connectivity index (χ1v) is 3.69. The molecular formula is C6H8N2S2. The van der Waals surface area contributed by atoms with Gasteiger partial charge in [-0.3, -0.25) is 0 Å². The highest BCUT2D eigenvalue weighted by molar-refractivity contribution is 7.82. The van der Waals surface area contributed by atoms with Crippen molar-refractivity contribution >= 4 is 34.5 Å². The van der Waals surface area contributed by atoms with Gasteiger partial charge in [-0.15, -0.1) is 0 Å². The second kappa shape index (κ2) is 2.64. The van der Waals surface area contributed by atoms with Crippen molar-refractivity contribution in [3.05, 3.63) is 12.2 Å². The Morgan fingerprint density at radius 3 is 2.40 bits per heavy atom. The molecule has 2 N–H and O–H groups in total. The van der Waals surface area contributed by atoms with Crippen LogP contribution in [0.15, 0.2) is 12.2 Å². The summed E-state index contributed by atoms with van der Waals surface area (Å²) < 4.78 is 0. The van der Waals surface area contributed by atoms with Crippen LogP contribution in [-0.2, 0) is 0 Å². The van der Waals surface area contributed by atoms with Gasteiger partial charge in [0.25, 0.3) is 0 Å². The molecule has 0 aromatic rings. The molecule has 54 valence electrons. The fraction of sp³-hybridized carbons (Fsp3) is 0.333. The minimum absolute atomic E-state index is 0.0440. The smallest absolute Gasteiger partial charge is 0.172 e. The highest BCUT2D eigenvalue weighted by atomic mass is 32.1. The third-order valence-corrected chi connectivity index (χ3v) is 1.82. The molecule has 1 atom stereocenters. The van der Waals surface area contributed by atoms with Crippen LogP contribution in [0.1, 0.15) is 6.92 Å². The third kappa shape index (κ3) is 1.33. The van der Waals surface area contributed by atoms with E-state index in [1.165, 1.54) is 0 Å².